The second-order valence-electron chi connectivity index (χ2n) is 17.1. The second-order valence-corrected chi connectivity index (χ2v) is 18.6. The predicted octanol–water partition coefficient (Wildman–Crippen LogP) is 13.4. The highest BCUT2D eigenvalue weighted by Crippen LogP contribution is 2.43. The Balaban J connectivity index is 4.33. The monoisotopic (exact) mass is 817 g/mol. The topological polar surface area (TPSA) is 108 Å². The summed E-state index contributed by atoms with van der Waals surface area (Å²) in [6.45, 7) is 4.42. The molecule has 0 aliphatic carbocycles. The maximum Gasteiger partial charge on any atom is 0.472 e. The average Bonchev–Trinajstić information content (AvgIpc) is 3.15. The van der Waals surface area contributed by atoms with Crippen LogP contribution in [0.15, 0.2) is 12.2 Å². The molecule has 9 nitrogen and oxygen atoms in total. The number of ether oxygens (including phenoxy) is 2. The Kier molecular flexibility index (Phi) is 38.3. The van der Waals surface area contributed by atoms with E-state index >= 15 is 0 Å². The van der Waals surface area contributed by atoms with E-state index in [0.717, 1.165) is 32.1 Å². The van der Waals surface area contributed by atoms with Gasteiger partial charge < -0.3 is 18.9 Å². The van der Waals surface area contributed by atoms with Crippen LogP contribution in [-0.4, -0.2) is 74.9 Å². The van der Waals surface area contributed by atoms with E-state index in [1.807, 2.05) is 27.2 Å². The smallest absolute Gasteiger partial charge is 0.462 e. The number of allylic oxidation sites excluding steroid dienone is 2. The van der Waals surface area contributed by atoms with Gasteiger partial charge in [0.25, 0.3) is 0 Å². The molecule has 0 radical (unpaired) electrons. The molecule has 0 rings (SSSR count). The van der Waals surface area contributed by atoms with Gasteiger partial charge in [-0.15, -0.1) is 0 Å². The number of phosphoric ester groups is 1. The van der Waals surface area contributed by atoms with Crippen LogP contribution in [0.5, 0.6) is 0 Å². The third kappa shape index (κ3) is 42.4. The lowest BCUT2D eigenvalue weighted by molar-refractivity contribution is -0.870. The molecular formula is C46H91NO8P+. The van der Waals surface area contributed by atoms with Crippen molar-refractivity contribution in [2.45, 2.75) is 225 Å². The highest BCUT2D eigenvalue weighted by Gasteiger charge is 2.27. The zero-order valence-electron chi connectivity index (χ0n) is 37.4. The van der Waals surface area contributed by atoms with Crippen LogP contribution in [0.1, 0.15) is 219 Å². The van der Waals surface area contributed by atoms with E-state index in [0.29, 0.717) is 17.4 Å². The molecule has 0 fully saturated rings. The standard InChI is InChI=1S/C46H90NO8P/c1-6-8-10-12-14-16-18-20-22-23-25-27-29-31-33-35-37-39-46(49)55-44(43-54-56(50,51)53-41-40-47(3,4)5)42-52-45(48)38-36-34-32-30-28-26-24-21-19-17-15-13-11-9-7-2/h33,35,44H,6-32,34,36-43H2,1-5H3/p+1/b35-33-. The summed E-state index contributed by atoms with van der Waals surface area (Å²) in [7, 11) is 1.47. The predicted molar refractivity (Wildman–Crippen MR) is 234 cm³/mol. The lowest BCUT2D eigenvalue weighted by atomic mass is 10.0. The van der Waals surface area contributed by atoms with Crippen molar-refractivity contribution >= 4 is 19.8 Å². The van der Waals surface area contributed by atoms with Crippen molar-refractivity contribution < 1.29 is 42.1 Å². The fraction of sp³-hybridized carbons (Fsp3) is 0.913. The second kappa shape index (κ2) is 39.2. The van der Waals surface area contributed by atoms with Gasteiger partial charge in [-0.05, 0) is 25.7 Å². The van der Waals surface area contributed by atoms with Crippen LogP contribution in [0.2, 0.25) is 0 Å². The molecule has 2 unspecified atom stereocenters. The van der Waals surface area contributed by atoms with Gasteiger partial charge in [0.1, 0.15) is 19.8 Å². The van der Waals surface area contributed by atoms with E-state index in [-0.39, 0.29) is 32.0 Å². The Bertz CT molecular complexity index is 969. The van der Waals surface area contributed by atoms with Crippen molar-refractivity contribution in [3.05, 3.63) is 12.2 Å². The maximum absolute atomic E-state index is 12.7. The number of rotatable bonds is 43. The van der Waals surface area contributed by atoms with E-state index in [1.54, 1.807) is 0 Å². The van der Waals surface area contributed by atoms with Gasteiger partial charge in [-0.25, -0.2) is 4.57 Å². The molecule has 0 aromatic heterocycles. The van der Waals surface area contributed by atoms with Crippen LogP contribution in [0.25, 0.3) is 0 Å². The zero-order chi connectivity index (χ0) is 41.4. The molecule has 0 saturated heterocycles. The first-order valence-corrected chi connectivity index (χ1v) is 24.9. The van der Waals surface area contributed by atoms with Crippen molar-refractivity contribution in [2.24, 2.45) is 0 Å². The molecule has 1 N–H and O–H groups in total. The first-order chi connectivity index (χ1) is 27.0. The molecule has 0 aromatic rings. The SMILES string of the molecule is CCCCCCCCCCCCCCC/C=C\CCC(=O)OC(COC(=O)CCCCCCCCCCCCCCCCC)COP(=O)(O)OCC[N+](C)(C)C. The average molecular weight is 817 g/mol. The summed E-state index contributed by atoms with van der Waals surface area (Å²) in [6, 6.07) is 0. The van der Waals surface area contributed by atoms with E-state index < -0.39 is 26.5 Å². The van der Waals surface area contributed by atoms with Gasteiger partial charge in [0.05, 0.1) is 27.7 Å². The minimum Gasteiger partial charge on any atom is -0.462 e. The molecule has 0 aliphatic heterocycles. The van der Waals surface area contributed by atoms with E-state index in [4.69, 9.17) is 18.5 Å². The van der Waals surface area contributed by atoms with E-state index in [1.165, 1.54) is 154 Å². The highest BCUT2D eigenvalue weighted by molar-refractivity contribution is 7.47. The number of likely N-dealkylation sites (N-methyl/N-ethyl adjacent to an activating group) is 1. The number of esters is 2. The number of carbonyl (C=O) groups excluding carboxylic acids is 2. The number of hydrogen-bond donors (Lipinski definition) is 1. The first kappa shape index (κ1) is 54.8. The Morgan fingerprint density at radius 2 is 0.946 bits per heavy atom. The molecule has 0 aliphatic rings. The minimum absolute atomic E-state index is 0.0294. The number of hydrogen-bond acceptors (Lipinski definition) is 7. The van der Waals surface area contributed by atoms with Gasteiger partial charge in [0, 0.05) is 12.8 Å². The number of nitrogens with zero attached hydrogens (tertiary/aromatic N) is 1. The van der Waals surface area contributed by atoms with Crippen molar-refractivity contribution in [3.63, 3.8) is 0 Å². The summed E-state index contributed by atoms with van der Waals surface area (Å²) in [6.07, 6.45) is 41.3. The van der Waals surface area contributed by atoms with Gasteiger partial charge in [0.15, 0.2) is 6.10 Å². The van der Waals surface area contributed by atoms with Crippen LogP contribution in [0.3, 0.4) is 0 Å². The van der Waals surface area contributed by atoms with Crippen LogP contribution in [0.4, 0.5) is 0 Å². The molecule has 56 heavy (non-hydrogen) atoms. The fourth-order valence-corrected chi connectivity index (χ4v) is 7.36. The van der Waals surface area contributed by atoms with E-state index in [2.05, 4.69) is 19.9 Å². The van der Waals surface area contributed by atoms with Gasteiger partial charge >= 0.3 is 19.8 Å². The molecule has 10 heteroatoms. The normalized spacial score (nSPS) is 13.6. The number of unbranched alkanes of at least 4 members (excludes halogenated alkanes) is 27. The van der Waals surface area contributed by atoms with Crippen molar-refractivity contribution in [1.29, 1.82) is 0 Å². The third-order valence-electron chi connectivity index (χ3n) is 10.3. The lowest BCUT2D eigenvalue weighted by Gasteiger charge is -2.24. The third-order valence-corrected chi connectivity index (χ3v) is 11.3. The molecule has 0 amide bonds. The number of quaternary nitrogens is 1. The van der Waals surface area contributed by atoms with E-state index in [9.17, 15) is 19.0 Å². The molecule has 2 atom stereocenters. The molecule has 0 saturated carbocycles. The Hall–Kier alpha value is -1.25. The summed E-state index contributed by atoms with van der Waals surface area (Å²) in [5.41, 5.74) is 0. The quantitative estimate of drug-likeness (QED) is 0.0213. The summed E-state index contributed by atoms with van der Waals surface area (Å²) >= 11 is 0. The zero-order valence-corrected chi connectivity index (χ0v) is 38.3. The molecule has 332 valence electrons. The number of carbonyl (C=O) groups is 2. The highest BCUT2D eigenvalue weighted by atomic mass is 31.2. The molecule has 0 spiro atoms. The lowest BCUT2D eigenvalue weighted by Crippen LogP contribution is -2.37. The Morgan fingerprint density at radius 3 is 1.39 bits per heavy atom. The van der Waals surface area contributed by atoms with Gasteiger partial charge in [-0.3, -0.25) is 18.6 Å². The van der Waals surface area contributed by atoms with Crippen LogP contribution < -0.4 is 0 Å². The molecule has 0 heterocycles. The van der Waals surface area contributed by atoms with Gasteiger partial charge in [-0.1, -0.05) is 193 Å². The molecule has 0 aromatic carbocycles. The van der Waals surface area contributed by atoms with Crippen LogP contribution >= 0.6 is 7.82 Å². The number of phosphoric acid groups is 1. The summed E-state index contributed by atoms with van der Waals surface area (Å²) < 4.78 is 34.3. The van der Waals surface area contributed by atoms with Gasteiger partial charge in [0.2, 0.25) is 0 Å². The minimum atomic E-state index is -4.38. The van der Waals surface area contributed by atoms with Crippen molar-refractivity contribution in [1.82, 2.24) is 0 Å². The fourth-order valence-electron chi connectivity index (χ4n) is 6.62. The Labute approximate surface area is 346 Å². The summed E-state index contributed by atoms with van der Waals surface area (Å²) in [4.78, 5) is 35.4. The van der Waals surface area contributed by atoms with Crippen LogP contribution in [-0.2, 0) is 32.7 Å². The maximum atomic E-state index is 12.7. The summed E-state index contributed by atoms with van der Waals surface area (Å²) in [5, 5.41) is 0. The molecular weight excluding hydrogens is 725 g/mol. The Morgan fingerprint density at radius 1 is 0.536 bits per heavy atom. The van der Waals surface area contributed by atoms with Crippen molar-refractivity contribution in [3.8, 4) is 0 Å². The largest absolute Gasteiger partial charge is 0.472 e. The van der Waals surface area contributed by atoms with Gasteiger partial charge in [-0.2, -0.15) is 0 Å². The van der Waals surface area contributed by atoms with Crippen molar-refractivity contribution in [2.75, 3.05) is 47.5 Å². The summed E-state index contributed by atoms with van der Waals surface area (Å²) in [5.74, 6) is -0.843. The van der Waals surface area contributed by atoms with Crippen LogP contribution in [0, 0.1) is 0 Å². The molecule has 0 bridgehead atoms. The first-order valence-electron chi connectivity index (χ1n) is 23.4.